The number of carbonyl (C=O) groups is 5. The Bertz CT molecular complexity index is 2410. The predicted octanol–water partition coefficient (Wildman–Crippen LogP) is 6.53. The lowest BCUT2D eigenvalue weighted by molar-refractivity contribution is -0.134. The van der Waals surface area contributed by atoms with Crippen molar-refractivity contribution in [1.29, 1.82) is 0 Å². The highest BCUT2D eigenvalue weighted by Gasteiger charge is 2.45. The monoisotopic (exact) mass is 875 g/mol. The van der Waals surface area contributed by atoms with E-state index in [1.165, 1.54) is 0 Å². The lowest BCUT2D eigenvalue weighted by atomic mass is 9.92. The van der Waals surface area contributed by atoms with E-state index in [-0.39, 0.29) is 54.6 Å². The van der Waals surface area contributed by atoms with Gasteiger partial charge in [0.15, 0.2) is 17.4 Å². The Morgan fingerprint density at radius 3 is 2.46 bits per heavy atom. The summed E-state index contributed by atoms with van der Waals surface area (Å²) < 4.78 is 17.8. The van der Waals surface area contributed by atoms with E-state index >= 15 is 0 Å². The fourth-order valence-electron chi connectivity index (χ4n) is 7.89. The summed E-state index contributed by atoms with van der Waals surface area (Å²) in [6.45, 7) is 6.19. The van der Waals surface area contributed by atoms with Crippen LogP contribution in [0, 0.1) is 11.8 Å². The highest BCUT2D eigenvalue weighted by atomic mass is 32.1. The van der Waals surface area contributed by atoms with Gasteiger partial charge in [-0.15, -0.1) is 11.3 Å². The van der Waals surface area contributed by atoms with Crippen LogP contribution in [-0.2, 0) is 25.7 Å². The summed E-state index contributed by atoms with van der Waals surface area (Å²) in [6.07, 6.45) is 9.02. The molecule has 2 aliphatic heterocycles. The summed E-state index contributed by atoms with van der Waals surface area (Å²) in [7, 11) is 0. The Labute approximate surface area is 371 Å². The van der Waals surface area contributed by atoms with Gasteiger partial charge in [-0.1, -0.05) is 36.5 Å². The molecule has 0 radical (unpaired) electrons. The van der Waals surface area contributed by atoms with Crippen LogP contribution < -0.4 is 15.2 Å². The Balaban J connectivity index is 0.768. The maximum atomic E-state index is 13.3. The third-order valence-electron chi connectivity index (χ3n) is 11.3. The molecule has 7 rings (SSSR count). The smallest absolute Gasteiger partial charge is 0.266 e. The van der Waals surface area contributed by atoms with Crippen LogP contribution >= 0.6 is 11.3 Å². The number of ether oxygens (including phenoxy) is 3. The number of anilines is 1. The molecule has 2 aromatic carbocycles. The summed E-state index contributed by atoms with van der Waals surface area (Å²) in [6, 6.07) is 13.5. The van der Waals surface area contributed by atoms with Crippen molar-refractivity contribution in [3.05, 3.63) is 88.2 Å². The third kappa shape index (κ3) is 11.6. The number of amides is 3. The van der Waals surface area contributed by atoms with Crippen molar-refractivity contribution in [2.75, 3.05) is 38.6 Å². The van der Waals surface area contributed by atoms with E-state index in [2.05, 4.69) is 16.8 Å². The number of aliphatic hydroxyl groups is 1. The molecule has 0 spiro atoms. The van der Waals surface area contributed by atoms with Gasteiger partial charge >= 0.3 is 0 Å². The molecule has 4 heterocycles. The Morgan fingerprint density at radius 2 is 1.68 bits per heavy atom. The zero-order valence-electron chi connectivity index (χ0n) is 35.7. The summed E-state index contributed by atoms with van der Waals surface area (Å²) in [5, 5.41) is 11.0. The molecule has 14 nitrogen and oxygen atoms in total. The molecule has 2 fully saturated rings. The van der Waals surface area contributed by atoms with Crippen LogP contribution in [0.5, 0.6) is 11.5 Å². The van der Waals surface area contributed by atoms with Gasteiger partial charge in [0, 0.05) is 55.6 Å². The maximum Gasteiger partial charge on any atom is 0.266 e. The van der Waals surface area contributed by atoms with E-state index in [4.69, 9.17) is 24.9 Å². The fraction of sp³-hybridized carbons (Fsp3) is 0.438. The molecular weight excluding hydrogens is 823 g/mol. The molecule has 0 bridgehead atoms. The molecule has 3 amide bonds. The highest BCUT2D eigenvalue weighted by molar-refractivity contribution is 7.15. The van der Waals surface area contributed by atoms with Crippen LogP contribution in [-0.4, -0.2) is 98.7 Å². The van der Waals surface area contributed by atoms with Crippen molar-refractivity contribution >= 4 is 46.4 Å². The first kappa shape index (κ1) is 45.1. The molecule has 330 valence electrons. The van der Waals surface area contributed by atoms with Gasteiger partial charge in [-0.05, 0) is 88.3 Å². The van der Waals surface area contributed by atoms with Gasteiger partial charge in [-0.25, -0.2) is 9.97 Å². The van der Waals surface area contributed by atoms with E-state index < -0.39 is 29.2 Å². The topological polar surface area (TPSA) is 192 Å². The third-order valence-corrected chi connectivity index (χ3v) is 12.5. The molecule has 1 atom stereocenters. The van der Waals surface area contributed by atoms with E-state index in [9.17, 15) is 29.1 Å². The number of hydrogen-bond donors (Lipinski definition) is 2. The first-order valence-electron chi connectivity index (χ1n) is 21.6. The standard InChI is InChI=1S/C48H53N5O9S/c1-48(2,59)19-15-31-9-7-10-32(25-31)30-62-40-26-34(28-50-44(40)49)41-29-51-45(63-41)33-16-20-52(21-17-33)42(56)18-24-60-22-5-3-4-6-23-61-39-12-8-11-36-43(39)47(58)53(46(36)57)37-14-13-35(54)27-38(37)55/h7-12,25-26,28-29,33,37,59H,3-6,13-14,16-18,20-24,27,30H2,1-2H3,(H2,49,50). The molecule has 1 saturated carbocycles. The second-order valence-corrected chi connectivity index (χ2v) is 17.7. The van der Waals surface area contributed by atoms with Gasteiger partial charge in [0.25, 0.3) is 11.8 Å². The average molecular weight is 876 g/mol. The largest absolute Gasteiger partial charge is 0.493 e. The Morgan fingerprint density at radius 1 is 0.905 bits per heavy atom. The zero-order valence-corrected chi connectivity index (χ0v) is 36.5. The number of aromatic nitrogens is 2. The summed E-state index contributed by atoms with van der Waals surface area (Å²) >= 11 is 1.62. The van der Waals surface area contributed by atoms with Crippen molar-refractivity contribution in [2.45, 2.75) is 102 Å². The number of rotatable bonds is 17. The van der Waals surface area contributed by atoms with Crippen LogP contribution in [0.15, 0.2) is 60.9 Å². The quantitative estimate of drug-likeness (QED) is 0.0506. The number of nitrogen functional groups attached to an aromatic ring is 1. The number of hydrogen-bond acceptors (Lipinski definition) is 13. The summed E-state index contributed by atoms with van der Waals surface area (Å²) in [5.41, 5.74) is 8.04. The number of imide groups is 1. The van der Waals surface area contributed by atoms with Crippen molar-refractivity contribution in [2.24, 2.45) is 0 Å². The Hall–Kier alpha value is -5.95. The van der Waals surface area contributed by atoms with Gasteiger partial charge in [-0.2, -0.15) is 0 Å². The number of thiazole rings is 1. The summed E-state index contributed by atoms with van der Waals surface area (Å²) in [5.74, 6) is 5.62. The van der Waals surface area contributed by atoms with Gasteiger partial charge in [-0.3, -0.25) is 28.9 Å². The van der Waals surface area contributed by atoms with Crippen LogP contribution in [0.2, 0.25) is 0 Å². The van der Waals surface area contributed by atoms with E-state index in [0.717, 1.165) is 70.0 Å². The minimum Gasteiger partial charge on any atom is -0.493 e. The number of benzene rings is 2. The van der Waals surface area contributed by atoms with E-state index in [1.807, 2.05) is 41.4 Å². The number of piperidine rings is 1. The lowest BCUT2D eigenvalue weighted by Crippen LogP contribution is -2.47. The van der Waals surface area contributed by atoms with Crippen molar-refractivity contribution < 1.29 is 43.3 Å². The van der Waals surface area contributed by atoms with Crippen molar-refractivity contribution in [1.82, 2.24) is 19.8 Å². The number of nitrogens with two attached hydrogens (primary N) is 1. The van der Waals surface area contributed by atoms with Gasteiger partial charge < -0.3 is 30.0 Å². The first-order valence-corrected chi connectivity index (χ1v) is 22.4. The number of unbranched alkanes of at least 4 members (excludes halogenated alkanes) is 3. The number of ketones is 2. The normalized spacial score (nSPS) is 16.8. The molecule has 1 unspecified atom stereocenters. The SMILES string of the molecule is CC(C)(O)C#Cc1cccc(COc2cc(-c3cnc(C4CCN(C(=O)CCOCCCCCCOc5cccc6c5C(=O)N(C5CCC(=O)CC5=O)C6=O)CC4)s3)cnc2N)c1. The minimum atomic E-state index is -1.08. The van der Waals surface area contributed by atoms with E-state index in [0.29, 0.717) is 56.6 Å². The molecule has 3 N–H and O–H groups in total. The van der Waals surface area contributed by atoms with Crippen LogP contribution in [0.25, 0.3) is 10.4 Å². The van der Waals surface area contributed by atoms with Crippen LogP contribution in [0.4, 0.5) is 5.82 Å². The van der Waals surface area contributed by atoms with Gasteiger partial charge in [0.1, 0.15) is 23.7 Å². The molecular formula is C48H53N5O9S. The number of nitrogens with zero attached hydrogens (tertiary/aromatic N) is 4. The highest BCUT2D eigenvalue weighted by Crippen LogP contribution is 2.37. The molecule has 15 heteroatoms. The maximum absolute atomic E-state index is 13.3. The molecule has 4 aromatic rings. The fourth-order valence-corrected chi connectivity index (χ4v) is 8.95. The second-order valence-electron chi connectivity index (χ2n) is 16.6. The van der Waals surface area contributed by atoms with Crippen LogP contribution in [0.3, 0.4) is 0 Å². The second kappa shape index (κ2) is 20.5. The number of Topliss-reactive ketones (excluding diaryl/α,β-unsaturated/α-hetero) is 2. The van der Waals surface area contributed by atoms with Gasteiger partial charge in [0.2, 0.25) is 5.91 Å². The van der Waals surface area contributed by atoms with Crippen LogP contribution in [0.1, 0.15) is 121 Å². The molecule has 1 saturated heterocycles. The van der Waals surface area contributed by atoms with Gasteiger partial charge in [0.05, 0.1) is 53.1 Å². The number of likely N-dealkylation sites (tertiary alicyclic amines) is 1. The number of pyridine rings is 1. The molecule has 1 aliphatic carbocycles. The summed E-state index contributed by atoms with van der Waals surface area (Å²) in [4.78, 5) is 76.5. The number of carbonyl (C=O) groups excluding carboxylic acids is 5. The predicted molar refractivity (Wildman–Crippen MR) is 236 cm³/mol. The minimum absolute atomic E-state index is 0.0933. The zero-order chi connectivity index (χ0) is 44.5. The van der Waals surface area contributed by atoms with E-state index in [1.54, 1.807) is 49.6 Å². The lowest BCUT2D eigenvalue weighted by Gasteiger charge is -2.31. The van der Waals surface area contributed by atoms with Crippen molar-refractivity contribution in [3.8, 4) is 33.8 Å². The number of fused-ring (bicyclic) bond motifs is 1. The average Bonchev–Trinajstić information content (AvgIpc) is 3.86. The van der Waals surface area contributed by atoms with Crippen molar-refractivity contribution in [3.63, 3.8) is 0 Å². The Kier molecular flexibility index (Phi) is 14.7. The molecule has 2 aromatic heterocycles. The molecule has 3 aliphatic rings. The molecule has 63 heavy (non-hydrogen) atoms. The first-order chi connectivity index (χ1) is 30.3.